The minimum atomic E-state index is 0.0821. The van der Waals surface area contributed by atoms with E-state index in [9.17, 15) is 0 Å². The van der Waals surface area contributed by atoms with E-state index in [0.717, 1.165) is 19.3 Å². The average molecular weight is 156 g/mol. The van der Waals surface area contributed by atoms with Gasteiger partial charge in [0.05, 0.1) is 0 Å². The second-order valence-corrected chi connectivity index (χ2v) is 3.18. The third-order valence-corrected chi connectivity index (χ3v) is 2.01. The van der Waals surface area contributed by atoms with Crippen molar-refractivity contribution in [2.75, 3.05) is 6.61 Å². The Kier molecular flexibility index (Phi) is 3.94. The van der Waals surface area contributed by atoms with Gasteiger partial charge in [0.15, 0.2) is 0 Å². The average Bonchev–Trinajstić information content (AvgIpc) is 2.01. The van der Waals surface area contributed by atoms with Crippen molar-refractivity contribution < 1.29 is 9.31 Å². The van der Waals surface area contributed by atoms with E-state index in [1.54, 1.807) is 0 Å². The summed E-state index contributed by atoms with van der Waals surface area (Å²) in [6.07, 6.45) is 4.92. The zero-order chi connectivity index (χ0) is 8.10. The van der Waals surface area contributed by atoms with E-state index >= 15 is 0 Å². The maximum Gasteiger partial charge on any atom is 0.457 e. The second kappa shape index (κ2) is 4.78. The molecular weight excluding hydrogens is 139 g/mol. The van der Waals surface area contributed by atoms with E-state index in [4.69, 9.17) is 9.31 Å². The molecule has 11 heavy (non-hydrogen) atoms. The molecule has 0 bridgehead atoms. The minimum absolute atomic E-state index is 0.0821. The van der Waals surface area contributed by atoms with Crippen molar-refractivity contribution in [3.8, 4) is 0 Å². The lowest BCUT2D eigenvalue weighted by atomic mass is 9.80. The second-order valence-electron chi connectivity index (χ2n) is 3.18. The minimum Gasteiger partial charge on any atom is -0.411 e. The molecule has 0 saturated carbocycles. The van der Waals surface area contributed by atoms with Crippen LogP contribution in [0.3, 0.4) is 0 Å². The largest absolute Gasteiger partial charge is 0.457 e. The Morgan fingerprint density at radius 1 is 1.55 bits per heavy atom. The van der Waals surface area contributed by atoms with Crippen LogP contribution in [0.5, 0.6) is 0 Å². The summed E-state index contributed by atoms with van der Waals surface area (Å²) in [5.41, 5.74) is 0. The summed E-state index contributed by atoms with van der Waals surface area (Å²) in [4.78, 5) is 0. The predicted octanol–water partition coefficient (Wildman–Crippen LogP) is 2.10. The highest BCUT2D eigenvalue weighted by Crippen LogP contribution is 2.13. The topological polar surface area (TPSA) is 18.5 Å². The molecule has 1 aliphatic rings. The van der Waals surface area contributed by atoms with Crippen LogP contribution in [0.1, 0.15) is 33.1 Å². The molecule has 0 aromatic carbocycles. The van der Waals surface area contributed by atoms with E-state index in [1.165, 1.54) is 12.8 Å². The molecule has 2 nitrogen and oxygen atoms in total. The van der Waals surface area contributed by atoms with Gasteiger partial charge in [-0.05, 0) is 19.7 Å². The highest BCUT2D eigenvalue weighted by Gasteiger charge is 2.24. The van der Waals surface area contributed by atoms with Gasteiger partial charge in [0.2, 0.25) is 0 Å². The zero-order valence-electron chi connectivity index (χ0n) is 7.51. The van der Waals surface area contributed by atoms with Crippen LogP contribution in [0.2, 0.25) is 6.32 Å². The summed E-state index contributed by atoms with van der Waals surface area (Å²) in [5, 5.41) is 0. The smallest absolute Gasteiger partial charge is 0.411 e. The molecule has 0 N–H and O–H groups in total. The van der Waals surface area contributed by atoms with Crippen LogP contribution < -0.4 is 0 Å². The van der Waals surface area contributed by atoms with Gasteiger partial charge >= 0.3 is 7.12 Å². The van der Waals surface area contributed by atoms with E-state index < -0.39 is 0 Å². The Morgan fingerprint density at radius 2 is 2.36 bits per heavy atom. The monoisotopic (exact) mass is 156 g/mol. The van der Waals surface area contributed by atoms with Crippen LogP contribution in [-0.2, 0) is 9.31 Å². The molecule has 1 heterocycles. The lowest BCUT2D eigenvalue weighted by molar-refractivity contribution is 0.0779. The van der Waals surface area contributed by atoms with E-state index in [2.05, 4.69) is 13.8 Å². The van der Waals surface area contributed by atoms with Crippen molar-refractivity contribution in [3.05, 3.63) is 0 Å². The van der Waals surface area contributed by atoms with Gasteiger partial charge in [-0.15, -0.1) is 0 Å². The van der Waals surface area contributed by atoms with Crippen LogP contribution in [0, 0.1) is 0 Å². The maximum atomic E-state index is 5.57. The van der Waals surface area contributed by atoms with E-state index in [1.807, 2.05) is 0 Å². The highest BCUT2D eigenvalue weighted by atomic mass is 16.6. The number of rotatable bonds is 3. The van der Waals surface area contributed by atoms with Gasteiger partial charge in [-0.25, -0.2) is 0 Å². The summed E-state index contributed by atoms with van der Waals surface area (Å²) in [7, 11) is 0.0821. The molecule has 1 saturated heterocycles. The van der Waals surface area contributed by atoms with Crippen molar-refractivity contribution in [1.82, 2.24) is 0 Å². The summed E-state index contributed by atoms with van der Waals surface area (Å²) < 4.78 is 11.0. The summed E-state index contributed by atoms with van der Waals surface area (Å²) >= 11 is 0. The lowest BCUT2D eigenvalue weighted by Crippen LogP contribution is -2.34. The first-order valence-electron chi connectivity index (χ1n) is 4.60. The Morgan fingerprint density at radius 3 is 3.00 bits per heavy atom. The van der Waals surface area contributed by atoms with Crippen molar-refractivity contribution in [2.24, 2.45) is 0 Å². The first-order chi connectivity index (χ1) is 5.33. The number of hydrogen-bond donors (Lipinski definition) is 0. The van der Waals surface area contributed by atoms with Crippen LogP contribution in [-0.4, -0.2) is 19.8 Å². The molecule has 1 aliphatic heterocycles. The molecule has 1 fully saturated rings. The Balaban J connectivity index is 2.12. The van der Waals surface area contributed by atoms with Gasteiger partial charge in [-0.2, -0.15) is 0 Å². The zero-order valence-corrected chi connectivity index (χ0v) is 7.51. The molecule has 0 aliphatic carbocycles. The first-order valence-corrected chi connectivity index (χ1v) is 4.60. The predicted molar refractivity (Wildman–Crippen MR) is 46.6 cm³/mol. The van der Waals surface area contributed by atoms with Gasteiger partial charge in [-0.3, -0.25) is 0 Å². The molecule has 0 radical (unpaired) electrons. The highest BCUT2D eigenvalue weighted by molar-refractivity contribution is 6.44. The van der Waals surface area contributed by atoms with Crippen LogP contribution >= 0.6 is 0 Å². The maximum absolute atomic E-state index is 5.57. The lowest BCUT2D eigenvalue weighted by Gasteiger charge is -2.25. The van der Waals surface area contributed by atoms with Crippen molar-refractivity contribution in [3.63, 3.8) is 0 Å². The fourth-order valence-corrected chi connectivity index (χ4v) is 1.25. The van der Waals surface area contributed by atoms with Gasteiger partial charge in [-0.1, -0.05) is 19.8 Å². The Bertz CT molecular complexity index is 108. The Labute approximate surface area is 69.4 Å². The third kappa shape index (κ3) is 3.26. The molecule has 1 rings (SSSR count). The van der Waals surface area contributed by atoms with Crippen molar-refractivity contribution >= 4 is 7.12 Å². The summed E-state index contributed by atoms with van der Waals surface area (Å²) in [6.45, 7) is 5.17. The van der Waals surface area contributed by atoms with Gasteiger partial charge in [0, 0.05) is 12.7 Å². The molecule has 0 amide bonds. The summed E-state index contributed by atoms with van der Waals surface area (Å²) in [5.74, 6) is 0. The number of unbranched alkanes of at least 4 members (excludes halogenated alkanes) is 1. The number of hydrogen-bond acceptors (Lipinski definition) is 2. The molecule has 0 aromatic heterocycles. The van der Waals surface area contributed by atoms with Gasteiger partial charge < -0.3 is 9.31 Å². The fraction of sp³-hybridized carbons (Fsp3) is 1.00. The van der Waals surface area contributed by atoms with Crippen molar-refractivity contribution in [1.29, 1.82) is 0 Å². The molecule has 3 heteroatoms. The Hall–Kier alpha value is -0.0151. The van der Waals surface area contributed by atoms with Gasteiger partial charge in [0.25, 0.3) is 0 Å². The summed E-state index contributed by atoms with van der Waals surface area (Å²) in [6, 6.07) is 0. The standard InChI is InChI=1S/C8H17BO2/c1-3-4-6-9-10-7-5-8(2)11-9/h8H,3-7H2,1-2H3. The first kappa shape index (κ1) is 9.08. The SMILES string of the molecule is CCCCB1OCCC(C)O1. The molecule has 0 spiro atoms. The molecule has 1 unspecified atom stereocenters. The van der Waals surface area contributed by atoms with E-state index in [-0.39, 0.29) is 7.12 Å². The van der Waals surface area contributed by atoms with Crippen LogP contribution in [0.4, 0.5) is 0 Å². The van der Waals surface area contributed by atoms with Crippen LogP contribution in [0.25, 0.3) is 0 Å². The molecule has 1 atom stereocenters. The fourth-order valence-electron chi connectivity index (χ4n) is 1.25. The van der Waals surface area contributed by atoms with E-state index in [0.29, 0.717) is 6.10 Å². The molecule has 0 aromatic rings. The van der Waals surface area contributed by atoms with Gasteiger partial charge in [0.1, 0.15) is 0 Å². The van der Waals surface area contributed by atoms with Crippen molar-refractivity contribution in [2.45, 2.75) is 45.5 Å². The third-order valence-electron chi connectivity index (χ3n) is 2.01. The molecular formula is C8H17BO2. The normalized spacial score (nSPS) is 25.6. The molecule has 64 valence electrons. The van der Waals surface area contributed by atoms with Crippen LogP contribution in [0.15, 0.2) is 0 Å². The quantitative estimate of drug-likeness (QED) is 0.582.